The molecule has 2 aromatic heterocycles. The zero-order chi connectivity index (χ0) is 24.0. The van der Waals surface area contributed by atoms with Crippen molar-refractivity contribution in [1.29, 1.82) is 0 Å². The van der Waals surface area contributed by atoms with Crippen LogP contribution in [0.2, 0.25) is 0 Å². The number of nitrogens with zero attached hydrogens (tertiary/aromatic N) is 5. The number of aliphatic hydroxyl groups is 1. The molecule has 5 rings (SSSR count). The molecule has 2 atom stereocenters. The Morgan fingerprint density at radius 1 is 1.26 bits per heavy atom. The van der Waals surface area contributed by atoms with E-state index in [1.807, 2.05) is 4.90 Å². The number of nitrogens with one attached hydrogen (secondary N) is 1. The van der Waals surface area contributed by atoms with Gasteiger partial charge < -0.3 is 20.2 Å². The Balaban J connectivity index is 1.43. The van der Waals surface area contributed by atoms with Crippen molar-refractivity contribution in [2.24, 2.45) is 0 Å². The molecule has 0 saturated carbocycles. The summed E-state index contributed by atoms with van der Waals surface area (Å²) in [5.74, 6) is 0.501. The lowest BCUT2D eigenvalue weighted by Gasteiger charge is -2.31. The number of halogens is 3. The number of rotatable bonds is 3. The number of aromatic nitrogens is 3. The molecule has 2 aliphatic heterocycles. The van der Waals surface area contributed by atoms with Crippen molar-refractivity contribution in [2.45, 2.75) is 44.0 Å². The topological polar surface area (TPSA) is 86.0 Å². The van der Waals surface area contributed by atoms with Gasteiger partial charge >= 0.3 is 12.2 Å². The van der Waals surface area contributed by atoms with Gasteiger partial charge in [0.25, 0.3) is 0 Å². The minimum atomic E-state index is -4.46. The maximum absolute atomic E-state index is 13.7. The highest BCUT2D eigenvalue weighted by Crippen LogP contribution is 2.40. The number of anilines is 2. The molecule has 0 bridgehead atoms. The van der Waals surface area contributed by atoms with Crippen molar-refractivity contribution in [1.82, 2.24) is 19.5 Å². The van der Waals surface area contributed by atoms with Gasteiger partial charge in [-0.2, -0.15) is 18.3 Å². The van der Waals surface area contributed by atoms with E-state index in [2.05, 4.69) is 15.4 Å². The lowest BCUT2D eigenvalue weighted by molar-refractivity contribution is -0.0900. The second-order valence-corrected chi connectivity index (χ2v) is 9.19. The molecule has 8 nitrogen and oxygen atoms in total. The maximum Gasteiger partial charge on any atom is 0.416 e. The fourth-order valence-electron chi connectivity index (χ4n) is 4.78. The van der Waals surface area contributed by atoms with Crippen LogP contribution in [0.3, 0.4) is 0 Å². The average Bonchev–Trinajstić information content (AvgIpc) is 3.52. The van der Waals surface area contributed by atoms with Crippen molar-refractivity contribution in [2.75, 3.05) is 29.9 Å². The number of thiocarbonyl (C=S) groups is 1. The number of hydrogen-bond donors (Lipinski definition) is 2. The Labute approximate surface area is 198 Å². The molecular formula is C22H23F3N6O2S. The van der Waals surface area contributed by atoms with Crippen LogP contribution < -0.4 is 10.2 Å². The van der Waals surface area contributed by atoms with Gasteiger partial charge in [0.05, 0.1) is 23.9 Å². The summed E-state index contributed by atoms with van der Waals surface area (Å²) < 4.78 is 42.7. The van der Waals surface area contributed by atoms with Gasteiger partial charge in [-0.3, -0.25) is 0 Å². The molecule has 2 fully saturated rings. The molecule has 3 aliphatic rings. The SMILES string of the molecule is O=C(Nc1cnn2ccc(N3CCC[C@@H]3C3=CC(=S)CC=C3C(F)(F)F)nc12)N1CC[C@H](O)C1. The van der Waals surface area contributed by atoms with Crippen LogP contribution in [0.1, 0.15) is 25.7 Å². The van der Waals surface area contributed by atoms with E-state index in [4.69, 9.17) is 12.2 Å². The van der Waals surface area contributed by atoms with E-state index in [1.165, 1.54) is 27.8 Å². The lowest BCUT2D eigenvalue weighted by Crippen LogP contribution is -2.35. The highest BCUT2D eigenvalue weighted by atomic mass is 32.1. The minimum Gasteiger partial charge on any atom is -0.391 e. The molecule has 4 heterocycles. The number of alkyl halides is 3. The minimum absolute atomic E-state index is 0.109. The number of carbonyl (C=O) groups excluding carboxylic acids is 1. The molecule has 0 radical (unpaired) electrons. The monoisotopic (exact) mass is 492 g/mol. The van der Waals surface area contributed by atoms with Crippen molar-refractivity contribution in [3.05, 3.63) is 41.8 Å². The van der Waals surface area contributed by atoms with Crippen LogP contribution in [-0.2, 0) is 0 Å². The number of aliphatic hydroxyl groups excluding tert-OH is 1. The molecule has 0 unspecified atom stereocenters. The number of likely N-dealkylation sites (tertiary alicyclic amines) is 1. The van der Waals surface area contributed by atoms with Crippen LogP contribution in [0, 0.1) is 0 Å². The highest BCUT2D eigenvalue weighted by molar-refractivity contribution is 7.80. The van der Waals surface area contributed by atoms with Crippen LogP contribution in [-0.4, -0.2) is 73.5 Å². The van der Waals surface area contributed by atoms with Gasteiger partial charge in [-0.25, -0.2) is 14.3 Å². The third kappa shape index (κ3) is 4.27. The molecule has 2 saturated heterocycles. The number of urea groups is 1. The summed E-state index contributed by atoms with van der Waals surface area (Å²) in [6.07, 6.45) is 2.70. The Kier molecular flexibility index (Phi) is 5.80. The first-order chi connectivity index (χ1) is 16.2. The van der Waals surface area contributed by atoms with Gasteiger partial charge in [0.2, 0.25) is 0 Å². The van der Waals surface area contributed by atoms with E-state index in [0.29, 0.717) is 54.4 Å². The lowest BCUT2D eigenvalue weighted by atomic mass is 9.90. The summed E-state index contributed by atoms with van der Waals surface area (Å²) in [6.45, 7) is 1.25. The summed E-state index contributed by atoms with van der Waals surface area (Å²) in [5, 5.41) is 16.7. The van der Waals surface area contributed by atoms with Crippen molar-refractivity contribution in [3.63, 3.8) is 0 Å². The predicted molar refractivity (Wildman–Crippen MR) is 124 cm³/mol. The highest BCUT2D eigenvalue weighted by Gasteiger charge is 2.42. The summed E-state index contributed by atoms with van der Waals surface area (Å²) in [4.78, 5) is 21.1. The maximum atomic E-state index is 13.7. The van der Waals surface area contributed by atoms with Gasteiger partial charge in [-0.05, 0) is 37.0 Å². The van der Waals surface area contributed by atoms with E-state index >= 15 is 0 Å². The molecule has 0 aromatic carbocycles. The molecule has 34 heavy (non-hydrogen) atoms. The Bertz CT molecular complexity index is 1210. The molecule has 2 amide bonds. The third-order valence-corrected chi connectivity index (χ3v) is 6.68. The van der Waals surface area contributed by atoms with Crippen LogP contribution in [0.15, 0.2) is 41.8 Å². The second kappa shape index (κ2) is 8.66. The van der Waals surface area contributed by atoms with Gasteiger partial charge in [-0.1, -0.05) is 18.3 Å². The second-order valence-electron chi connectivity index (χ2n) is 8.67. The predicted octanol–water partition coefficient (Wildman–Crippen LogP) is 3.49. The first-order valence-electron chi connectivity index (χ1n) is 11.1. The largest absolute Gasteiger partial charge is 0.416 e. The van der Waals surface area contributed by atoms with E-state index < -0.39 is 23.9 Å². The summed E-state index contributed by atoms with van der Waals surface area (Å²) in [5.41, 5.74) is 0.315. The Morgan fingerprint density at radius 3 is 2.82 bits per heavy atom. The zero-order valence-electron chi connectivity index (χ0n) is 18.1. The molecular weight excluding hydrogens is 469 g/mol. The molecule has 12 heteroatoms. The fourth-order valence-corrected chi connectivity index (χ4v) is 4.99. The summed E-state index contributed by atoms with van der Waals surface area (Å²) in [7, 11) is 0. The molecule has 180 valence electrons. The third-order valence-electron chi connectivity index (χ3n) is 6.39. The van der Waals surface area contributed by atoms with Crippen LogP contribution in [0.5, 0.6) is 0 Å². The quantitative estimate of drug-likeness (QED) is 0.639. The summed E-state index contributed by atoms with van der Waals surface area (Å²) >= 11 is 5.22. The van der Waals surface area contributed by atoms with Crippen LogP contribution in [0.25, 0.3) is 5.65 Å². The molecule has 0 spiro atoms. The number of β-amino-alcohol motifs (C(OH)–C–C–N with tert-alkyl or cyclic N) is 1. The van der Waals surface area contributed by atoms with Crippen LogP contribution in [0.4, 0.5) is 29.5 Å². The standard InChI is InChI=1S/C22H23F3N6O2S/c23-22(24,25)16-4-3-14(34)10-15(16)18-2-1-7-30(18)19-6-9-31-20(28-19)17(11-26-31)27-21(33)29-8-5-13(32)12-29/h4,6,9-11,13,18,32H,1-3,5,7-8,12H2,(H,27,33)/t13-,18+/m0/s1. The number of hydrogen-bond acceptors (Lipinski definition) is 6. The first kappa shape index (κ1) is 22.8. The van der Waals surface area contributed by atoms with Crippen molar-refractivity contribution >= 4 is 40.3 Å². The summed E-state index contributed by atoms with van der Waals surface area (Å²) in [6, 6.07) is 0.839. The molecule has 1 aliphatic carbocycles. The van der Waals surface area contributed by atoms with E-state index in [0.717, 1.165) is 0 Å². The number of carbonyl (C=O) groups is 1. The Hall–Kier alpha value is -2.99. The fraction of sp³-hybridized carbons (Fsp3) is 0.455. The van der Waals surface area contributed by atoms with E-state index in [-0.39, 0.29) is 24.6 Å². The molecule has 2 N–H and O–H groups in total. The van der Waals surface area contributed by atoms with Crippen molar-refractivity contribution in [3.8, 4) is 0 Å². The van der Waals surface area contributed by atoms with E-state index in [9.17, 15) is 23.1 Å². The first-order valence-corrected chi connectivity index (χ1v) is 11.5. The van der Waals surface area contributed by atoms with Crippen molar-refractivity contribution < 1.29 is 23.1 Å². The smallest absolute Gasteiger partial charge is 0.391 e. The number of amides is 2. The van der Waals surface area contributed by atoms with Gasteiger partial charge in [-0.15, -0.1) is 0 Å². The number of fused-ring (bicyclic) bond motifs is 1. The van der Waals surface area contributed by atoms with Gasteiger partial charge in [0.1, 0.15) is 11.5 Å². The molecule has 2 aromatic rings. The Morgan fingerprint density at radius 2 is 2.09 bits per heavy atom. The zero-order valence-corrected chi connectivity index (χ0v) is 18.9. The normalized spacial score (nSPS) is 23.5. The van der Waals surface area contributed by atoms with Crippen LogP contribution >= 0.6 is 12.2 Å². The van der Waals surface area contributed by atoms with Gasteiger partial charge in [0.15, 0.2) is 5.65 Å². The van der Waals surface area contributed by atoms with Gasteiger partial charge in [0, 0.05) is 37.1 Å². The average molecular weight is 493 g/mol. The number of allylic oxidation sites excluding steroid dienone is 2. The van der Waals surface area contributed by atoms with E-state index in [1.54, 1.807) is 12.3 Å².